The minimum absolute atomic E-state index is 0.0213. The van der Waals surface area contributed by atoms with Gasteiger partial charge in [-0.25, -0.2) is 13.6 Å². The van der Waals surface area contributed by atoms with Crippen LogP contribution in [-0.2, 0) is 11.3 Å². The number of nitrogens with zero attached hydrogens (tertiary/aromatic N) is 7. The summed E-state index contributed by atoms with van der Waals surface area (Å²) in [6, 6.07) is 8.82. The topological polar surface area (TPSA) is 124 Å². The number of likely N-dealkylation sites (N-methyl/N-ethyl adjacent to an activating group) is 1. The van der Waals surface area contributed by atoms with Crippen molar-refractivity contribution < 1.29 is 33.0 Å². The zero-order chi connectivity index (χ0) is 36.7. The van der Waals surface area contributed by atoms with Crippen LogP contribution in [0.2, 0.25) is 0 Å². The number of pyridine rings is 1. The van der Waals surface area contributed by atoms with E-state index >= 15 is 0 Å². The number of benzene rings is 2. The zero-order valence-electron chi connectivity index (χ0n) is 28.8. The molecule has 3 aliphatic heterocycles. The molecule has 1 N–H and O–H groups in total. The van der Waals surface area contributed by atoms with Crippen molar-refractivity contribution in [3.05, 3.63) is 78.5 Å². The second-order valence-corrected chi connectivity index (χ2v) is 13.5. The highest BCUT2D eigenvalue weighted by Gasteiger charge is 2.44. The van der Waals surface area contributed by atoms with E-state index in [1.165, 1.54) is 35.2 Å². The Hall–Kier alpha value is -5.97. The molecule has 2 saturated heterocycles. The largest absolute Gasteiger partial charge is 0.508 e. The highest BCUT2D eigenvalue weighted by Crippen LogP contribution is 2.42. The first-order chi connectivity index (χ1) is 25.0. The van der Waals surface area contributed by atoms with E-state index in [-0.39, 0.29) is 83.7 Å². The first-order valence-corrected chi connectivity index (χ1v) is 16.9. The van der Waals surface area contributed by atoms with Gasteiger partial charge in [-0.05, 0) is 55.5 Å². The molecule has 2 aromatic heterocycles. The molecule has 7 rings (SSSR count). The van der Waals surface area contributed by atoms with Crippen LogP contribution < -0.4 is 24.2 Å². The van der Waals surface area contributed by atoms with Crippen molar-refractivity contribution in [3.8, 4) is 29.9 Å². The third-order valence-electron chi connectivity index (χ3n) is 9.94. The summed E-state index contributed by atoms with van der Waals surface area (Å²) < 4.78 is 42.1. The van der Waals surface area contributed by atoms with Gasteiger partial charge in [0.2, 0.25) is 5.91 Å². The van der Waals surface area contributed by atoms with E-state index in [9.17, 15) is 23.5 Å². The van der Waals surface area contributed by atoms with E-state index in [0.29, 0.717) is 18.5 Å². The van der Waals surface area contributed by atoms with E-state index < -0.39 is 23.6 Å². The number of hydrogen-bond acceptors (Lipinski definition) is 10. The molecule has 0 unspecified atom stereocenters. The number of aromatic hydroxyl groups is 1. The molecule has 0 radical (unpaired) electrons. The number of alkyl halides is 1. The van der Waals surface area contributed by atoms with Crippen molar-refractivity contribution >= 4 is 40.0 Å². The highest BCUT2D eigenvalue weighted by molar-refractivity contribution is 6.06. The molecular weight excluding hydrogens is 672 g/mol. The molecule has 4 aromatic rings. The van der Waals surface area contributed by atoms with E-state index in [1.807, 2.05) is 24.0 Å². The van der Waals surface area contributed by atoms with Gasteiger partial charge in [0.15, 0.2) is 11.6 Å². The standard InChI is InChI=1S/C38H37F2N7O5/c1-5-28-29(40)10-9-23-16-27(48)17-31(33(23)28)46-21-30-34(52-37(46)50)35(44(4)20-26-8-7-15-45(26)32(49)6-2)43-36(42-30)51-22-38(3)18-24(39)19-47(38)25-11-13-41-14-12-25/h1,6,9-14,16-17,24,26,48H,2,7-8,15,18-22H2,3-4H3/t24-,26+,38+/m1/s1. The third kappa shape index (κ3) is 6.27. The maximum atomic E-state index is 15.0. The SMILES string of the molecule is C#Cc1c(F)ccc2cc(O)cc(N3Cc4nc(OC[C@]5(C)C[C@@H](F)CN5c5ccncc5)nc(N(C)C[C@@H]5CCCN5C(=O)C=C)c4OC3=O)c12. The van der Waals surface area contributed by atoms with E-state index in [1.54, 1.807) is 29.2 Å². The fourth-order valence-corrected chi connectivity index (χ4v) is 7.50. The minimum atomic E-state index is -1.09. The summed E-state index contributed by atoms with van der Waals surface area (Å²) in [5, 5.41) is 11.3. The van der Waals surface area contributed by atoms with Crippen molar-refractivity contribution in [2.24, 2.45) is 0 Å². The lowest BCUT2D eigenvalue weighted by Crippen LogP contribution is -2.46. The van der Waals surface area contributed by atoms with Gasteiger partial charge < -0.3 is 29.3 Å². The van der Waals surface area contributed by atoms with Gasteiger partial charge in [0.25, 0.3) is 0 Å². The van der Waals surface area contributed by atoms with Crippen molar-refractivity contribution in [1.82, 2.24) is 19.9 Å². The number of hydrogen-bond donors (Lipinski definition) is 1. The zero-order valence-corrected chi connectivity index (χ0v) is 28.8. The summed E-state index contributed by atoms with van der Waals surface area (Å²) >= 11 is 0. The van der Waals surface area contributed by atoms with Crippen molar-refractivity contribution in [1.29, 1.82) is 0 Å². The van der Waals surface area contributed by atoms with Crippen LogP contribution in [0.15, 0.2) is 61.4 Å². The van der Waals surface area contributed by atoms with E-state index in [4.69, 9.17) is 20.9 Å². The Kier molecular flexibility index (Phi) is 9.04. The van der Waals surface area contributed by atoms with Crippen LogP contribution in [0.1, 0.15) is 37.4 Å². The Morgan fingerprint density at radius 2 is 2.06 bits per heavy atom. The van der Waals surface area contributed by atoms with Crippen LogP contribution in [0, 0.1) is 18.2 Å². The lowest BCUT2D eigenvalue weighted by atomic mass is 9.99. The predicted octanol–water partition coefficient (Wildman–Crippen LogP) is 5.37. The minimum Gasteiger partial charge on any atom is -0.508 e. The van der Waals surface area contributed by atoms with Crippen LogP contribution in [0.5, 0.6) is 17.5 Å². The number of terminal acetylenes is 1. The average Bonchev–Trinajstić information content (AvgIpc) is 3.72. The normalized spacial score (nSPS) is 21.1. The fourth-order valence-electron chi connectivity index (χ4n) is 7.50. The first kappa shape index (κ1) is 34.5. The Balaban J connectivity index is 1.27. The van der Waals surface area contributed by atoms with Crippen LogP contribution in [-0.4, -0.2) is 88.0 Å². The smallest absolute Gasteiger partial charge is 0.420 e. The average molecular weight is 710 g/mol. The van der Waals surface area contributed by atoms with Gasteiger partial charge in [-0.3, -0.25) is 14.7 Å². The van der Waals surface area contributed by atoms with Gasteiger partial charge in [-0.2, -0.15) is 9.97 Å². The van der Waals surface area contributed by atoms with E-state index in [0.717, 1.165) is 18.5 Å². The number of likely N-dealkylation sites (tertiary alicyclic amines) is 1. The number of carbonyl (C=O) groups excluding carboxylic acids is 2. The lowest BCUT2D eigenvalue weighted by molar-refractivity contribution is -0.126. The fraction of sp³-hybridized carbons (Fsp3) is 0.342. The Morgan fingerprint density at radius 3 is 2.81 bits per heavy atom. The monoisotopic (exact) mass is 709 g/mol. The van der Waals surface area contributed by atoms with Crippen molar-refractivity contribution in [2.45, 2.75) is 50.5 Å². The molecule has 268 valence electrons. The number of halogens is 2. The summed E-state index contributed by atoms with van der Waals surface area (Å²) in [6.45, 7) is 6.49. The van der Waals surface area contributed by atoms with Crippen LogP contribution in [0.25, 0.3) is 10.8 Å². The van der Waals surface area contributed by atoms with Gasteiger partial charge in [-0.15, -0.1) is 6.42 Å². The molecule has 2 fully saturated rings. The molecule has 3 aliphatic rings. The van der Waals surface area contributed by atoms with Gasteiger partial charge in [0, 0.05) is 68.7 Å². The highest BCUT2D eigenvalue weighted by atomic mass is 19.1. The summed E-state index contributed by atoms with van der Waals surface area (Å²) in [5.74, 6) is 1.67. The van der Waals surface area contributed by atoms with Crippen LogP contribution in [0.4, 0.5) is 30.8 Å². The summed E-state index contributed by atoms with van der Waals surface area (Å²) in [5.41, 5.74) is 0.336. The van der Waals surface area contributed by atoms with Gasteiger partial charge in [0.05, 0.1) is 23.3 Å². The molecule has 0 spiro atoms. The maximum absolute atomic E-state index is 15.0. The molecule has 2 amide bonds. The molecule has 3 atom stereocenters. The third-order valence-corrected chi connectivity index (χ3v) is 9.94. The number of phenols is 1. The molecular formula is C38H37F2N7O5. The number of phenolic OH excluding ortho intramolecular Hbond substituents is 1. The number of aromatic nitrogens is 3. The van der Waals surface area contributed by atoms with Crippen molar-refractivity contribution in [3.63, 3.8) is 0 Å². The summed E-state index contributed by atoms with van der Waals surface area (Å²) in [4.78, 5) is 46.5. The number of anilines is 3. The quantitative estimate of drug-likeness (QED) is 0.179. The lowest BCUT2D eigenvalue weighted by Gasteiger charge is -2.36. The summed E-state index contributed by atoms with van der Waals surface area (Å²) in [7, 11) is 1.77. The molecule has 14 heteroatoms. The number of rotatable bonds is 9. The number of fused-ring (bicyclic) bond motifs is 2. The first-order valence-electron chi connectivity index (χ1n) is 16.9. The van der Waals surface area contributed by atoms with Crippen LogP contribution in [0.3, 0.4) is 0 Å². The second-order valence-electron chi connectivity index (χ2n) is 13.5. The van der Waals surface area contributed by atoms with Gasteiger partial charge in [-0.1, -0.05) is 18.6 Å². The number of carbonyl (C=O) groups is 2. The second kappa shape index (κ2) is 13.6. The van der Waals surface area contributed by atoms with Gasteiger partial charge in [0.1, 0.15) is 30.0 Å². The van der Waals surface area contributed by atoms with Crippen molar-refractivity contribution in [2.75, 3.05) is 48.0 Å². The molecule has 2 aromatic carbocycles. The Morgan fingerprint density at radius 1 is 1.27 bits per heavy atom. The molecule has 0 bridgehead atoms. The van der Waals surface area contributed by atoms with E-state index in [2.05, 4.69) is 22.5 Å². The molecule has 52 heavy (non-hydrogen) atoms. The van der Waals surface area contributed by atoms with Crippen LogP contribution >= 0.6 is 0 Å². The number of amides is 2. The maximum Gasteiger partial charge on any atom is 0.420 e. The molecule has 12 nitrogen and oxygen atoms in total. The summed E-state index contributed by atoms with van der Waals surface area (Å²) in [6.07, 6.45) is 10.1. The molecule has 5 heterocycles. The Bertz CT molecular complexity index is 2110. The predicted molar refractivity (Wildman–Crippen MR) is 191 cm³/mol. The Labute approximate surface area is 299 Å². The molecule has 0 saturated carbocycles. The van der Waals surface area contributed by atoms with Gasteiger partial charge >= 0.3 is 12.1 Å². The number of ether oxygens (including phenoxy) is 2. The molecule has 0 aliphatic carbocycles.